The molecule has 0 aromatic carbocycles. The standard InChI is InChI=1S/C35H42N8O3/c1-18(37-35(45)40-16-23-10-24(23)17-40)27-8-6-21-11-29(41(33(21)38-27)15-20-4-5-20)32-19(2)42-30(39-32)12-22(13-31(42)46-3)34(44)43-25-7-9-28(43)26(36)14-25/h6,8,11-13,18,20,23-26,28H,4-5,7,9-10,14-17,36H2,1-3H3,(H,37,45)/t18-,23?,24?,25+,26-,28-/m1/s1. The largest absolute Gasteiger partial charge is 0.482 e. The van der Waals surface area contributed by atoms with Gasteiger partial charge in [-0.2, -0.15) is 0 Å². The van der Waals surface area contributed by atoms with Gasteiger partial charge in [0.05, 0.1) is 30.2 Å². The monoisotopic (exact) mass is 622 g/mol. The highest BCUT2D eigenvalue weighted by molar-refractivity contribution is 5.97. The Labute approximate surface area is 268 Å². The van der Waals surface area contributed by atoms with E-state index in [1.165, 1.54) is 19.3 Å². The van der Waals surface area contributed by atoms with Crippen molar-refractivity contribution in [1.29, 1.82) is 0 Å². The van der Waals surface area contributed by atoms with Crippen LogP contribution in [0, 0.1) is 24.7 Å². The van der Waals surface area contributed by atoms with Crippen LogP contribution in [0.15, 0.2) is 30.3 Å². The van der Waals surface area contributed by atoms with Crippen LogP contribution in [0.25, 0.3) is 28.1 Å². The molecule has 11 heteroatoms. The SMILES string of the molecule is COc1cc(C(=O)N2[C@H]3CC[C@@H]2[C@H](N)C3)cc2nc(-c3cc4ccc([C@@H](C)NC(=O)N5CC6CC6C5)nc4n3CC3CC3)c(C)n12. The van der Waals surface area contributed by atoms with E-state index in [-0.39, 0.29) is 36.1 Å². The molecule has 0 spiro atoms. The number of hydrogen-bond donors (Lipinski definition) is 2. The van der Waals surface area contributed by atoms with Crippen molar-refractivity contribution < 1.29 is 14.3 Å². The van der Waals surface area contributed by atoms with Crippen molar-refractivity contribution >= 4 is 28.6 Å². The summed E-state index contributed by atoms with van der Waals surface area (Å²) in [5, 5.41) is 4.23. The highest BCUT2D eigenvalue weighted by atomic mass is 16.5. The zero-order valence-electron chi connectivity index (χ0n) is 26.8. The number of nitrogens with zero attached hydrogens (tertiary/aromatic N) is 6. The van der Waals surface area contributed by atoms with Crippen LogP contribution >= 0.6 is 0 Å². The van der Waals surface area contributed by atoms with Gasteiger partial charge in [-0.3, -0.25) is 9.20 Å². The zero-order valence-corrected chi connectivity index (χ0v) is 26.8. The number of pyridine rings is 2. The molecule has 4 aromatic rings. The maximum atomic E-state index is 13.8. The minimum absolute atomic E-state index is 0.00278. The molecule has 7 heterocycles. The van der Waals surface area contributed by atoms with Crippen molar-refractivity contribution in [2.45, 2.75) is 83.1 Å². The first-order chi connectivity index (χ1) is 22.3. The number of urea groups is 1. The lowest BCUT2D eigenvalue weighted by Gasteiger charge is -2.23. The summed E-state index contributed by atoms with van der Waals surface area (Å²) in [5.41, 5.74) is 12.2. The maximum Gasteiger partial charge on any atom is 0.317 e. The number of carbonyl (C=O) groups is 2. The lowest BCUT2D eigenvalue weighted by atomic mass is 9.97. The maximum absolute atomic E-state index is 13.8. The van der Waals surface area contributed by atoms with Crippen molar-refractivity contribution in [2.75, 3.05) is 20.2 Å². The first-order valence-electron chi connectivity index (χ1n) is 17.0. The third-order valence-corrected chi connectivity index (χ3v) is 11.4. The summed E-state index contributed by atoms with van der Waals surface area (Å²) < 4.78 is 10.2. The second-order valence-corrected chi connectivity index (χ2v) is 14.5. The molecule has 4 aromatic heterocycles. The van der Waals surface area contributed by atoms with Crippen LogP contribution in [0.4, 0.5) is 4.79 Å². The fourth-order valence-electron chi connectivity index (χ4n) is 8.53. The van der Waals surface area contributed by atoms with Gasteiger partial charge in [0.2, 0.25) is 0 Å². The summed E-state index contributed by atoms with van der Waals surface area (Å²) in [6.45, 7) is 6.66. The number of piperidine rings is 1. The lowest BCUT2D eigenvalue weighted by Crippen LogP contribution is -2.40. The van der Waals surface area contributed by atoms with Gasteiger partial charge in [0, 0.05) is 54.8 Å². The predicted molar refractivity (Wildman–Crippen MR) is 174 cm³/mol. The number of fused-ring (bicyclic) bond motifs is 5. The van der Waals surface area contributed by atoms with Crippen LogP contribution in [0.5, 0.6) is 5.88 Å². The molecule has 3 aliphatic heterocycles. The Balaban J connectivity index is 1.07. The number of hydrogen-bond acceptors (Lipinski definition) is 6. The average Bonchev–Trinajstić information content (AvgIpc) is 3.75. The number of nitrogens with one attached hydrogen (secondary N) is 1. The Bertz CT molecular complexity index is 1900. The normalized spacial score (nSPS) is 27.1. The number of nitrogens with two attached hydrogens (primary N) is 1. The van der Waals surface area contributed by atoms with E-state index in [2.05, 4.69) is 28.9 Å². The van der Waals surface area contributed by atoms with Gasteiger partial charge in [-0.15, -0.1) is 0 Å². The third kappa shape index (κ3) is 4.41. The predicted octanol–water partition coefficient (Wildman–Crippen LogP) is 4.50. The van der Waals surface area contributed by atoms with Gasteiger partial charge in [-0.05, 0) is 94.4 Å². The summed E-state index contributed by atoms with van der Waals surface area (Å²) >= 11 is 0. The number of likely N-dealkylation sites (tertiary alicyclic amines) is 1. The van der Waals surface area contributed by atoms with Gasteiger partial charge in [0.25, 0.3) is 5.91 Å². The minimum Gasteiger partial charge on any atom is -0.482 e. The van der Waals surface area contributed by atoms with Gasteiger partial charge in [-0.1, -0.05) is 0 Å². The average molecular weight is 623 g/mol. The number of imidazole rings is 1. The second kappa shape index (κ2) is 10.2. The van der Waals surface area contributed by atoms with Gasteiger partial charge >= 0.3 is 6.03 Å². The Morgan fingerprint density at radius 1 is 1.07 bits per heavy atom. The molecule has 6 atom stereocenters. The molecule has 240 valence electrons. The molecule has 3 amide bonds. The summed E-state index contributed by atoms with van der Waals surface area (Å²) in [5.74, 6) is 2.60. The molecule has 2 aliphatic carbocycles. The molecule has 5 aliphatic rings. The fourth-order valence-corrected chi connectivity index (χ4v) is 8.53. The zero-order chi connectivity index (χ0) is 31.4. The number of methoxy groups -OCH3 is 1. The smallest absolute Gasteiger partial charge is 0.317 e. The van der Waals surface area contributed by atoms with E-state index in [0.717, 1.165) is 72.7 Å². The van der Waals surface area contributed by atoms with E-state index in [0.29, 0.717) is 34.8 Å². The molecule has 11 nitrogen and oxygen atoms in total. The van der Waals surface area contributed by atoms with Gasteiger partial charge < -0.3 is 30.2 Å². The second-order valence-electron chi connectivity index (χ2n) is 14.5. The van der Waals surface area contributed by atoms with E-state index in [4.69, 9.17) is 20.4 Å². The van der Waals surface area contributed by atoms with Crippen LogP contribution in [-0.4, -0.2) is 79.0 Å². The number of ether oxygens (including phenoxy) is 1. The van der Waals surface area contributed by atoms with Crippen LogP contribution in [0.1, 0.15) is 73.2 Å². The molecule has 3 saturated heterocycles. The molecule has 3 N–H and O–H groups in total. The summed E-state index contributed by atoms with van der Waals surface area (Å²) in [4.78, 5) is 41.0. The minimum atomic E-state index is -0.209. The number of amides is 3. The Kier molecular flexibility index (Phi) is 6.23. The van der Waals surface area contributed by atoms with Crippen molar-refractivity contribution in [2.24, 2.45) is 23.5 Å². The fraction of sp³-hybridized carbons (Fsp3) is 0.543. The number of rotatable bonds is 7. The molecular formula is C35H42N8O3. The van der Waals surface area contributed by atoms with E-state index in [9.17, 15) is 9.59 Å². The van der Waals surface area contributed by atoms with Crippen LogP contribution in [0.3, 0.4) is 0 Å². The topological polar surface area (TPSA) is 123 Å². The van der Waals surface area contributed by atoms with Gasteiger partial charge in [0.15, 0.2) is 5.88 Å². The molecule has 2 unspecified atom stereocenters. The third-order valence-electron chi connectivity index (χ3n) is 11.4. The number of aromatic nitrogens is 4. The van der Waals surface area contributed by atoms with E-state index in [1.807, 2.05) is 39.3 Å². The molecule has 0 radical (unpaired) electrons. The first kappa shape index (κ1) is 28.1. The molecular weight excluding hydrogens is 580 g/mol. The molecule has 5 fully saturated rings. The van der Waals surface area contributed by atoms with Gasteiger partial charge in [-0.25, -0.2) is 14.8 Å². The van der Waals surface area contributed by atoms with Crippen molar-refractivity contribution in [3.05, 3.63) is 47.3 Å². The van der Waals surface area contributed by atoms with Crippen molar-refractivity contribution in [3.8, 4) is 17.3 Å². The van der Waals surface area contributed by atoms with E-state index >= 15 is 0 Å². The summed E-state index contributed by atoms with van der Waals surface area (Å²) in [6, 6.07) is 10.2. The van der Waals surface area contributed by atoms with Crippen LogP contribution in [0.2, 0.25) is 0 Å². The van der Waals surface area contributed by atoms with E-state index < -0.39 is 0 Å². The molecule has 9 rings (SSSR count). The molecule has 46 heavy (non-hydrogen) atoms. The summed E-state index contributed by atoms with van der Waals surface area (Å²) in [6.07, 6.45) is 6.53. The Morgan fingerprint density at radius 2 is 1.87 bits per heavy atom. The number of carbonyl (C=O) groups excluding carboxylic acids is 2. The molecule has 2 bridgehead atoms. The van der Waals surface area contributed by atoms with Crippen LogP contribution < -0.4 is 15.8 Å². The highest BCUT2D eigenvalue weighted by Crippen LogP contribution is 2.45. The van der Waals surface area contributed by atoms with Crippen LogP contribution in [-0.2, 0) is 6.54 Å². The Hall–Kier alpha value is -4.12. The Morgan fingerprint density at radius 3 is 2.57 bits per heavy atom. The van der Waals surface area contributed by atoms with E-state index in [1.54, 1.807) is 7.11 Å². The molecule has 2 saturated carbocycles. The number of aryl methyl sites for hydroxylation is 1. The van der Waals surface area contributed by atoms with Gasteiger partial charge in [0.1, 0.15) is 17.0 Å². The van der Waals surface area contributed by atoms with Crippen molar-refractivity contribution in [3.63, 3.8) is 0 Å². The summed E-state index contributed by atoms with van der Waals surface area (Å²) in [7, 11) is 1.64. The quantitative estimate of drug-likeness (QED) is 0.313. The van der Waals surface area contributed by atoms with Crippen molar-refractivity contribution in [1.82, 2.24) is 34.1 Å². The first-order valence-corrected chi connectivity index (χ1v) is 17.0. The lowest BCUT2D eigenvalue weighted by molar-refractivity contribution is 0.0726. The highest BCUT2D eigenvalue weighted by Gasteiger charge is 2.48.